The smallest absolute Gasteiger partial charge is 0.342 e. The Balaban J connectivity index is 1.54. The molecule has 3 aromatic carbocycles. The number of para-hydroxylation sites is 2. The number of methoxy groups -OCH3 is 1. The fraction of sp³-hybridized carbons (Fsp3) is 0.0870. The van der Waals surface area contributed by atoms with Crippen LogP contribution >= 0.6 is 11.6 Å². The van der Waals surface area contributed by atoms with E-state index in [4.69, 9.17) is 21.1 Å². The molecule has 0 aliphatic rings. The molecule has 0 fully saturated rings. The van der Waals surface area contributed by atoms with E-state index in [1.54, 1.807) is 36.4 Å². The van der Waals surface area contributed by atoms with Gasteiger partial charge >= 0.3 is 5.97 Å². The van der Waals surface area contributed by atoms with Crippen LogP contribution in [0.4, 0.5) is 11.4 Å². The molecule has 0 heterocycles. The normalized spacial score (nSPS) is 10.2. The van der Waals surface area contributed by atoms with Crippen LogP contribution in [0.15, 0.2) is 66.7 Å². The summed E-state index contributed by atoms with van der Waals surface area (Å²) in [5.74, 6) is -1.59. The number of rotatable bonds is 7. The quantitative estimate of drug-likeness (QED) is 0.463. The number of esters is 1. The van der Waals surface area contributed by atoms with Crippen LogP contribution < -0.4 is 15.4 Å². The SMILES string of the molecule is COc1ccccc1NC(=O)c1ccc(NC(=O)COC(=O)c2cc(Cl)ccc2O)cc1. The zero-order chi connectivity index (χ0) is 23.1. The highest BCUT2D eigenvalue weighted by molar-refractivity contribution is 6.31. The van der Waals surface area contributed by atoms with Gasteiger partial charge in [-0.2, -0.15) is 0 Å². The minimum absolute atomic E-state index is 0.143. The molecule has 0 radical (unpaired) electrons. The predicted molar refractivity (Wildman–Crippen MR) is 119 cm³/mol. The molecule has 0 aliphatic carbocycles. The van der Waals surface area contributed by atoms with E-state index < -0.39 is 18.5 Å². The molecule has 32 heavy (non-hydrogen) atoms. The molecule has 0 spiro atoms. The number of carbonyl (C=O) groups is 3. The topological polar surface area (TPSA) is 114 Å². The van der Waals surface area contributed by atoms with E-state index in [2.05, 4.69) is 10.6 Å². The number of phenols is 1. The minimum atomic E-state index is -0.886. The van der Waals surface area contributed by atoms with E-state index in [0.717, 1.165) is 0 Å². The lowest BCUT2D eigenvalue weighted by molar-refractivity contribution is -0.119. The number of carbonyl (C=O) groups excluding carboxylic acids is 3. The maximum Gasteiger partial charge on any atom is 0.342 e. The molecule has 0 aromatic heterocycles. The maximum absolute atomic E-state index is 12.4. The summed E-state index contributed by atoms with van der Waals surface area (Å²) in [6.07, 6.45) is 0. The molecule has 3 aromatic rings. The van der Waals surface area contributed by atoms with Crippen molar-refractivity contribution in [3.63, 3.8) is 0 Å². The molecular formula is C23H19ClN2O6. The number of ether oxygens (including phenoxy) is 2. The van der Waals surface area contributed by atoms with Crippen molar-refractivity contribution in [3.05, 3.63) is 82.9 Å². The first-order valence-corrected chi connectivity index (χ1v) is 9.75. The molecule has 0 atom stereocenters. The second-order valence-corrected chi connectivity index (χ2v) is 6.95. The molecule has 0 aliphatic heterocycles. The lowest BCUT2D eigenvalue weighted by Crippen LogP contribution is -2.21. The van der Waals surface area contributed by atoms with Crippen molar-refractivity contribution in [2.75, 3.05) is 24.4 Å². The number of hydrogen-bond donors (Lipinski definition) is 3. The number of halogens is 1. The maximum atomic E-state index is 12.4. The van der Waals surface area contributed by atoms with Crippen molar-refractivity contribution in [2.24, 2.45) is 0 Å². The fourth-order valence-corrected chi connectivity index (χ4v) is 2.90. The zero-order valence-corrected chi connectivity index (χ0v) is 17.7. The van der Waals surface area contributed by atoms with Gasteiger partial charge in [-0.05, 0) is 54.6 Å². The van der Waals surface area contributed by atoms with E-state index in [0.29, 0.717) is 22.7 Å². The van der Waals surface area contributed by atoms with Crippen LogP contribution in [0.25, 0.3) is 0 Å². The second kappa shape index (κ2) is 10.3. The second-order valence-electron chi connectivity index (χ2n) is 6.52. The van der Waals surface area contributed by atoms with Crippen molar-refractivity contribution < 1.29 is 29.0 Å². The molecular weight excluding hydrogens is 436 g/mol. The highest BCUT2D eigenvalue weighted by Gasteiger charge is 2.15. The van der Waals surface area contributed by atoms with Crippen molar-refractivity contribution in [2.45, 2.75) is 0 Å². The van der Waals surface area contributed by atoms with Gasteiger partial charge in [-0.15, -0.1) is 0 Å². The van der Waals surface area contributed by atoms with Gasteiger partial charge in [0.25, 0.3) is 11.8 Å². The average Bonchev–Trinajstić information content (AvgIpc) is 2.80. The molecule has 0 saturated carbocycles. The number of benzene rings is 3. The first-order chi connectivity index (χ1) is 15.4. The summed E-state index contributed by atoms with van der Waals surface area (Å²) in [5, 5.41) is 15.3. The largest absolute Gasteiger partial charge is 0.507 e. The Hall–Kier alpha value is -4.04. The van der Waals surface area contributed by atoms with E-state index in [1.165, 1.54) is 37.4 Å². The number of hydrogen-bond acceptors (Lipinski definition) is 6. The monoisotopic (exact) mass is 454 g/mol. The highest BCUT2D eigenvalue weighted by atomic mass is 35.5. The first kappa shape index (κ1) is 22.6. The van der Waals surface area contributed by atoms with Gasteiger partial charge in [0, 0.05) is 16.3 Å². The van der Waals surface area contributed by atoms with Crippen LogP contribution in [-0.2, 0) is 9.53 Å². The molecule has 0 saturated heterocycles. The lowest BCUT2D eigenvalue weighted by atomic mass is 10.2. The van der Waals surface area contributed by atoms with Crippen LogP contribution in [0.1, 0.15) is 20.7 Å². The van der Waals surface area contributed by atoms with Crippen molar-refractivity contribution >= 4 is 40.8 Å². The number of anilines is 2. The van der Waals surface area contributed by atoms with Gasteiger partial charge in [-0.25, -0.2) is 4.79 Å². The first-order valence-electron chi connectivity index (χ1n) is 9.37. The molecule has 2 amide bonds. The molecule has 9 heteroatoms. The predicted octanol–water partition coefficient (Wildman–Crippen LogP) is 4.10. The molecule has 3 N–H and O–H groups in total. The van der Waals surface area contributed by atoms with Crippen LogP contribution in [0.2, 0.25) is 5.02 Å². The summed E-state index contributed by atoms with van der Waals surface area (Å²) in [6, 6.07) is 17.1. The van der Waals surface area contributed by atoms with Crippen molar-refractivity contribution in [1.82, 2.24) is 0 Å². The molecule has 0 unspecified atom stereocenters. The van der Waals surface area contributed by atoms with Gasteiger partial charge < -0.3 is 25.2 Å². The van der Waals surface area contributed by atoms with Gasteiger partial charge in [0.15, 0.2) is 6.61 Å². The third-order valence-electron chi connectivity index (χ3n) is 4.30. The van der Waals surface area contributed by atoms with E-state index >= 15 is 0 Å². The number of amides is 2. The molecule has 164 valence electrons. The summed E-state index contributed by atoms with van der Waals surface area (Å²) in [4.78, 5) is 36.5. The van der Waals surface area contributed by atoms with Crippen LogP contribution in [0.5, 0.6) is 11.5 Å². The van der Waals surface area contributed by atoms with E-state index in [1.807, 2.05) is 0 Å². The zero-order valence-electron chi connectivity index (χ0n) is 16.9. The number of nitrogens with one attached hydrogen (secondary N) is 2. The Bertz CT molecular complexity index is 1150. The van der Waals surface area contributed by atoms with Crippen LogP contribution in [-0.4, -0.2) is 36.6 Å². The van der Waals surface area contributed by atoms with Crippen molar-refractivity contribution in [3.8, 4) is 11.5 Å². The highest BCUT2D eigenvalue weighted by Crippen LogP contribution is 2.24. The molecule has 8 nitrogen and oxygen atoms in total. The van der Waals surface area contributed by atoms with E-state index in [9.17, 15) is 19.5 Å². The van der Waals surface area contributed by atoms with Gasteiger partial charge in [0.1, 0.15) is 17.1 Å². The lowest BCUT2D eigenvalue weighted by Gasteiger charge is -2.10. The van der Waals surface area contributed by atoms with Gasteiger partial charge in [0.05, 0.1) is 12.8 Å². The average molecular weight is 455 g/mol. The molecule has 0 bridgehead atoms. The fourth-order valence-electron chi connectivity index (χ4n) is 2.73. The Morgan fingerprint density at radius 1 is 0.969 bits per heavy atom. The number of aromatic hydroxyl groups is 1. The van der Waals surface area contributed by atoms with Crippen molar-refractivity contribution in [1.29, 1.82) is 0 Å². The van der Waals surface area contributed by atoms with Crippen LogP contribution in [0, 0.1) is 0 Å². The Labute approximate surface area is 188 Å². The standard InChI is InChI=1S/C23H19ClN2O6/c1-31-20-5-3-2-4-18(20)26-22(29)14-6-9-16(10-7-14)25-21(28)13-32-23(30)17-12-15(24)8-11-19(17)27/h2-12,27H,13H2,1H3,(H,25,28)(H,26,29). The third kappa shape index (κ3) is 5.77. The summed E-state index contributed by atoms with van der Waals surface area (Å²) in [5.41, 5.74) is 1.17. The van der Waals surface area contributed by atoms with E-state index in [-0.39, 0.29) is 22.2 Å². The molecule has 3 rings (SSSR count). The Morgan fingerprint density at radius 3 is 2.41 bits per heavy atom. The summed E-state index contributed by atoms with van der Waals surface area (Å²) in [6.45, 7) is -0.569. The summed E-state index contributed by atoms with van der Waals surface area (Å²) < 4.78 is 10.1. The Kier molecular flexibility index (Phi) is 7.30. The van der Waals surface area contributed by atoms with Gasteiger partial charge in [-0.1, -0.05) is 23.7 Å². The van der Waals surface area contributed by atoms with Gasteiger partial charge in [-0.3, -0.25) is 9.59 Å². The van der Waals surface area contributed by atoms with Crippen LogP contribution in [0.3, 0.4) is 0 Å². The third-order valence-corrected chi connectivity index (χ3v) is 4.53. The minimum Gasteiger partial charge on any atom is -0.507 e. The Morgan fingerprint density at radius 2 is 1.69 bits per heavy atom. The number of phenolic OH excluding ortho intramolecular Hbond substituents is 1. The van der Waals surface area contributed by atoms with Gasteiger partial charge in [0.2, 0.25) is 0 Å². The summed E-state index contributed by atoms with van der Waals surface area (Å²) >= 11 is 5.79. The summed E-state index contributed by atoms with van der Waals surface area (Å²) in [7, 11) is 1.51.